The fourth-order valence-corrected chi connectivity index (χ4v) is 2.43. The normalized spacial score (nSPS) is 35.1. The molecule has 0 aromatic heterocycles. The van der Waals surface area contributed by atoms with Crippen LogP contribution in [0.15, 0.2) is 30.3 Å². The maximum atomic E-state index is 5.96. The summed E-state index contributed by atoms with van der Waals surface area (Å²) in [7, 11) is 0. The molecule has 3 rings (SSSR count). The summed E-state index contributed by atoms with van der Waals surface area (Å²) in [5, 5.41) is 6.99. The summed E-state index contributed by atoms with van der Waals surface area (Å²) < 4.78 is 5.96. The highest BCUT2D eigenvalue weighted by molar-refractivity contribution is 5.21. The van der Waals surface area contributed by atoms with Gasteiger partial charge in [0.1, 0.15) is 0 Å². The highest BCUT2D eigenvalue weighted by Gasteiger charge is 2.34. The first-order valence-corrected chi connectivity index (χ1v) is 5.58. The minimum atomic E-state index is 0.278. The van der Waals surface area contributed by atoms with Crippen molar-refractivity contribution in [2.75, 3.05) is 19.6 Å². The van der Waals surface area contributed by atoms with Gasteiger partial charge in [0.25, 0.3) is 0 Å². The summed E-state index contributed by atoms with van der Waals surface area (Å²) in [6.45, 7) is 2.87. The maximum absolute atomic E-state index is 5.96. The molecule has 80 valence electrons. The van der Waals surface area contributed by atoms with Crippen LogP contribution < -0.4 is 10.6 Å². The summed E-state index contributed by atoms with van der Waals surface area (Å²) in [6.07, 6.45) is 0.628. The van der Waals surface area contributed by atoms with Gasteiger partial charge in [-0.25, -0.2) is 0 Å². The monoisotopic (exact) mass is 204 g/mol. The van der Waals surface area contributed by atoms with Crippen LogP contribution in [0.25, 0.3) is 0 Å². The lowest BCUT2D eigenvalue weighted by molar-refractivity contribution is -0.0838. The van der Waals surface area contributed by atoms with Gasteiger partial charge in [-0.2, -0.15) is 0 Å². The van der Waals surface area contributed by atoms with Gasteiger partial charge in [0.05, 0.1) is 18.2 Å². The molecule has 3 atom stereocenters. The zero-order valence-corrected chi connectivity index (χ0v) is 8.65. The van der Waals surface area contributed by atoms with Crippen LogP contribution >= 0.6 is 0 Å². The van der Waals surface area contributed by atoms with Crippen LogP contribution in [0.1, 0.15) is 11.6 Å². The first-order valence-electron chi connectivity index (χ1n) is 5.58. The lowest BCUT2D eigenvalue weighted by atomic mass is 9.97. The second-order valence-electron chi connectivity index (χ2n) is 4.25. The molecule has 15 heavy (non-hydrogen) atoms. The van der Waals surface area contributed by atoms with Crippen LogP contribution in [0.3, 0.4) is 0 Å². The van der Waals surface area contributed by atoms with Gasteiger partial charge in [-0.1, -0.05) is 30.3 Å². The zero-order chi connectivity index (χ0) is 10.1. The van der Waals surface area contributed by atoms with E-state index in [-0.39, 0.29) is 6.10 Å². The molecule has 2 aliphatic rings. The average molecular weight is 204 g/mol. The number of fused-ring (bicyclic) bond motifs is 2. The van der Waals surface area contributed by atoms with Crippen LogP contribution in [-0.2, 0) is 4.74 Å². The van der Waals surface area contributed by atoms with Crippen molar-refractivity contribution in [1.29, 1.82) is 0 Å². The molecule has 0 radical (unpaired) electrons. The molecule has 0 saturated carbocycles. The van der Waals surface area contributed by atoms with Crippen molar-refractivity contribution in [3.05, 3.63) is 35.9 Å². The number of nitrogens with one attached hydrogen (secondary N) is 2. The number of morpholine rings is 2. The van der Waals surface area contributed by atoms with Gasteiger partial charge in [-0.05, 0) is 5.56 Å². The van der Waals surface area contributed by atoms with Crippen molar-refractivity contribution in [3.63, 3.8) is 0 Å². The molecule has 2 saturated heterocycles. The van der Waals surface area contributed by atoms with E-state index in [4.69, 9.17) is 4.74 Å². The van der Waals surface area contributed by atoms with Gasteiger partial charge in [0.2, 0.25) is 0 Å². The number of hydrogen-bond acceptors (Lipinski definition) is 3. The average Bonchev–Trinajstić information content (AvgIpc) is 2.31. The molecule has 2 N–H and O–H groups in total. The van der Waals surface area contributed by atoms with Crippen molar-refractivity contribution < 1.29 is 4.74 Å². The predicted molar refractivity (Wildman–Crippen MR) is 58.7 cm³/mol. The van der Waals surface area contributed by atoms with E-state index in [1.807, 2.05) is 0 Å². The Morgan fingerprint density at radius 1 is 1.07 bits per heavy atom. The van der Waals surface area contributed by atoms with Crippen LogP contribution in [-0.4, -0.2) is 31.8 Å². The van der Waals surface area contributed by atoms with E-state index in [1.165, 1.54) is 5.56 Å². The number of ether oxygens (including phenoxy) is 1. The van der Waals surface area contributed by atoms with Crippen LogP contribution in [0.5, 0.6) is 0 Å². The Morgan fingerprint density at radius 3 is 2.80 bits per heavy atom. The molecule has 2 aliphatic heterocycles. The van der Waals surface area contributed by atoms with Crippen molar-refractivity contribution >= 4 is 0 Å². The molecule has 2 fully saturated rings. The molecule has 1 aromatic rings. The third kappa shape index (κ3) is 1.78. The Balaban J connectivity index is 1.81. The Morgan fingerprint density at radius 2 is 1.93 bits per heavy atom. The SMILES string of the molecule is c1ccc([C@@H]2NC[C@@H]3CNC[C@H]2O3)cc1. The molecule has 2 heterocycles. The fraction of sp³-hybridized carbons (Fsp3) is 0.500. The second kappa shape index (κ2) is 3.93. The Hall–Kier alpha value is -0.900. The Bertz CT molecular complexity index is 328. The third-order valence-electron chi connectivity index (χ3n) is 3.18. The van der Waals surface area contributed by atoms with E-state index in [0.717, 1.165) is 19.6 Å². The summed E-state index contributed by atoms with van der Waals surface area (Å²) in [5.41, 5.74) is 1.32. The molecule has 0 spiro atoms. The zero-order valence-electron chi connectivity index (χ0n) is 8.65. The molecular formula is C12H16N2O. The van der Waals surface area contributed by atoms with Gasteiger partial charge in [-0.15, -0.1) is 0 Å². The molecule has 1 aromatic carbocycles. The van der Waals surface area contributed by atoms with E-state index in [2.05, 4.69) is 41.0 Å². The van der Waals surface area contributed by atoms with Crippen LogP contribution in [0.4, 0.5) is 0 Å². The van der Waals surface area contributed by atoms with Crippen molar-refractivity contribution in [2.45, 2.75) is 18.2 Å². The second-order valence-corrected chi connectivity index (χ2v) is 4.25. The minimum absolute atomic E-state index is 0.278. The van der Waals surface area contributed by atoms with Crippen LogP contribution in [0.2, 0.25) is 0 Å². The largest absolute Gasteiger partial charge is 0.369 e. The summed E-state index contributed by atoms with van der Waals surface area (Å²) >= 11 is 0. The third-order valence-corrected chi connectivity index (χ3v) is 3.18. The summed E-state index contributed by atoms with van der Waals surface area (Å²) in [6, 6.07) is 10.9. The fourth-order valence-electron chi connectivity index (χ4n) is 2.43. The van der Waals surface area contributed by atoms with Gasteiger partial charge in [0.15, 0.2) is 0 Å². The topological polar surface area (TPSA) is 33.3 Å². The molecule has 0 unspecified atom stereocenters. The van der Waals surface area contributed by atoms with Crippen LogP contribution in [0, 0.1) is 0 Å². The molecule has 0 amide bonds. The minimum Gasteiger partial charge on any atom is -0.369 e. The van der Waals surface area contributed by atoms with E-state index in [0.29, 0.717) is 12.1 Å². The number of hydrogen-bond donors (Lipinski definition) is 2. The van der Waals surface area contributed by atoms with Crippen molar-refractivity contribution in [2.24, 2.45) is 0 Å². The molecule has 0 aliphatic carbocycles. The van der Waals surface area contributed by atoms with Gasteiger partial charge < -0.3 is 15.4 Å². The summed E-state index contributed by atoms with van der Waals surface area (Å²) in [4.78, 5) is 0. The molecule has 3 nitrogen and oxygen atoms in total. The standard InChI is InChI=1S/C12H16N2O/c1-2-4-9(5-3-1)12-11-8-13-6-10(15-11)7-14-12/h1-5,10-14H,6-8H2/t10-,11+,12-/m0/s1. The first-order chi connectivity index (χ1) is 7.43. The molecular weight excluding hydrogens is 188 g/mol. The maximum Gasteiger partial charge on any atom is 0.0898 e. The quantitative estimate of drug-likeness (QED) is 0.706. The smallest absolute Gasteiger partial charge is 0.0898 e. The van der Waals surface area contributed by atoms with Gasteiger partial charge >= 0.3 is 0 Å². The van der Waals surface area contributed by atoms with Gasteiger partial charge in [0, 0.05) is 19.6 Å². The molecule has 3 heteroatoms. The lowest BCUT2D eigenvalue weighted by Crippen LogP contribution is -2.58. The first kappa shape index (κ1) is 9.33. The van der Waals surface area contributed by atoms with Crippen molar-refractivity contribution in [1.82, 2.24) is 10.6 Å². The highest BCUT2D eigenvalue weighted by atomic mass is 16.5. The number of benzene rings is 1. The van der Waals surface area contributed by atoms with Crippen molar-refractivity contribution in [3.8, 4) is 0 Å². The number of rotatable bonds is 1. The predicted octanol–water partition coefficient (Wildman–Crippen LogP) is 0.688. The van der Waals surface area contributed by atoms with E-state index < -0.39 is 0 Å². The van der Waals surface area contributed by atoms with Gasteiger partial charge in [-0.3, -0.25) is 0 Å². The highest BCUT2D eigenvalue weighted by Crippen LogP contribution is 2.25. The summed E-state index contributed by atoms with van der Waals surface area (Å²) in [5.74, 6) is 0. The van der Waals surface area contributed by atoms with E-state index in [9.17, 15) is 0 Å². The molecule has 2 bridgehead atoms. The van der Waals surface area contributed by atoms with E-state index >= 15 is 0 Å². The Labute approximate surface area is 89.8 Å². The van der Waals surface area contributed by atoms with E-state index in [1.54, 1.807) is 0 Å². The Kier molecular flexibility index (Phi) is 2.44. The lowest BCUT2D eigenvalue weighted by Gasteiger charge is -2.41.